The Morgan fingerprint density at radius 2 is 2.21 bits per heavy atom. The van der Waals surface area contributed by atoms with Crippen LogP contribution in [0.15, 0.2) is 16.5 Å². The van der Waals surface area contributed by atoms with Gasteiger partial charge in [-0.05, 0) is 51.3 Å². The van der Waals surface area contributed by atoms with Crippen molar-refractivity contribution in [2.24, 2.45) is 0 Å². The van der Waals surface area contributed by atoms with E-state index >= 15 is 0 Å². The lowest BCUT2D eigenvalue weighted by atomic mass is 10.0. The number of nitrogens with one attached hydrogen (secondary N) is 1. The summed E-state index contributed by atoms with van der Waals surface area (Å²) in [6, 6.07) is 4.39. The Hall–Kier alpha value is -1.29. The highest BCUT2D eigenvalue weighted by molar-refractivity contribution is 5.82. The summed E-state index contributed by atoms with van der Waals surface area (Å²) < 4.78 is 5.62. The molecule has 1 atom stereocenters. The van der Waals surface area contributed by atoms with Crippen LogP contribution in [0.1, 0.15) is 43.6 Å². The van der Waals surface area contributed by atoms with Gasteiger partial charge in [0, 0.05) is 6.04 Å². The highest BCUT2D eigenvalue weighted by Gasteiger charge is 2.36. The Kier molecular flexibility index (Phi) is 3.60. The summed E-state index contributed by atoms with van der Waals surface area (Å²) in [6.07, 6.45) is 5.59. The molecule has 1 aliphatic carbocycles. The minimum Gasteiger partial charge on any atom is -0.464 e. The standard InChI is InChI=1S/C15H22N2O2/c1-11-5-8-13(19-11)10-17(12-6-7-12)15(18)14-4-2-3-9-16-14/h5,8,12,14,16H,2-4,6-7,9-10H2,1H3/t14-/m0/s1. The van der Waals surface area contributed by atoms with E-state index in [-0.39, 0.29) is 11.9 Å². The Balaban J connectivity index is 1.67. The summed E-state index contributed by atoms with van der Waals surface area (Å²) >= 11 is 0. The van der Waals surface area contributed by atoms with Gasteiger partial charge in [-0.15, -0.1) is 0 Å². The quantitative estimate of drug-likeness (QED) is 0.905. The molecule has 2 aliphatic rings. The molecule has 0 aromatic carbocycles. The van der Waals surface area contributed by atoms with E-state index in [1.807, 2.05) is 24.0 Å². The maximum atomic E-state index is 12.6. The van der Waals surface area contributed by atoms with Crippen molar-refractivity contribution >= 4 is 5.91 Å². The summed E-state index contributed by atoms with van der Waals surface area (Å²) in [5, 5.41) is 3.35. The first-order chi connectivity index (χ1) is 9.24. The molecule has 104 valence electrons. The van der Waals surface area contributed by atoms with Crippen molar-refractivity contribution in [1.29, 1.82) is 0 Å². The smallest absolute Gasteiger partial charge is 0.240 e. The van der Waals surface area contributed by atoms with Crippen molar-refractivity contribution in [1.82, 2.24) is 10.2 Å². The molecule has 2 fully saturated rings. The third kappa shape index (κ3) is 3.00. The summed E-state index contributed by atoms with van der Waals surface area (Å²) in [6.45, 7) is 3.53. The van der Waals surface area contributed by atoms with Gasteiger partial charge in [0.25, 0.3) is 0 Å². The SMILES string of the molecule is Cc1ccc(CN(C(=O)[C@@H]2CCCCN2)C2CC2)o1. The Labute approximate surface area is 114 Å². The fraction of sp³-hybridized carbons (Fsp3) is 0.667. The fourth-order valence-corrected chi connectivity index (χ4v) is 2.77. The molecule has 0 bridgehead atoms. The Bertz CT molecular complexity index is 445. The predicted octanol–water partition coefficient (Wildman–Crippen LogP) is 2.22. The molecule has 1 amide bonds. The van der Waals surface area contributed by atoms with E-state index < -0.39 is 0 Å². The molecule has 19 heavy (non-hydrogen) atoms. The number of hydrogen-bond donors (Lipinski definition) is 1. The van der Waals surface area contributed by atoms with Crippen LogP contribution in [0.3, 0.4) is 0 Å². The first-order valence-electron chi connectivity index (χ1n) is 7.33. The summed E-state index contributed by atoms with van der Waals surface area (Å²) in [5.74, 6) is 2.07. The maximum absolute atomic E-state index is 12.6. The lowest BCUT2D eigenvalue weighted by molar-refractivity contribution is -0.135. The van der Waals surface area contributed by atoms with E-state index in [4.69, 9.17) is 4.42 Å². The normalized spacial score (nSPS) is 23.3. The van der Waals surface area contributed by atoms with Crippen LogP contribution in [0.2, 0.25) is 0 Å². The average molecular weight is 262 g/mol. The van der Waals surface area contributed by atoms with Gasteiger partial charge in [-0.2, -0.15) is 0 Å². The number of carbonyl (C=O) groups is 1. The molecular formula is C15H22N2O2. The lowest BCUT2D eigenvalue weighted by Gasteiger charge is -2.29. The third-order valence-electron chi connectivity index (χ3n) is 4.00. The van der Waals surface area contributed by atoms with Crippen molar-refractivity contribution < 1.29 is 9.21 Å². The number of rotatable bonds is 4. The van der Waals surface area contributed by atoms with E-state index in [0.717, 1.165) is 43.7 Å². The minimum atomic E-state index is 0.0189. The molecule has 0 unspecified atom stereocenters. The van der Waals surface area contributed by atoms with E-state index in [9.17, 15) is 4.79 Å². The molecule has 4 nitrogen and oxygen atoms in total. The van der Waals surface area contributed by atoms with Gasteiger partial charge in [0.1, 0.15) is 11.5 Å². The Morgan fingerprint density at radius 3 is 2.79 bits per heavy atom. The van der Waals surface area contributed by atoms with Gasteiger partial charge in [0.2, 0.25) is 5.91 Å². The van der Waals surface area contributed by atoms with Crippen LogP contribution in [0.5, 0.6) is 0 Å². The van der Waals surface area contributed by atoms with Gasteiger partial charge in [-0.25, -0.2) is 0 Å². The number of piperidine rings is 1. The second kappa shape index (κ2) is 5.37. The van der Waals surface area contributed by atoms with Gasteiger partial charge >= 0.3 is 0 Å². The fourth-order valence-electron chi connectivity index (χ4n) is 2.77. The molecule has 3 rings (SSSR count). The number of aryl methyl sites for hydroxylation is 1. The van der Waals surface area contributed by atoms with Crippen molar-refractivity contribution in [2.45, 2.75) is 57.7 Å². The van der Waals surface area contributed by atoms with Crippen molar-refractivity contribution in [3.63, 3.8) is 0 Å². The second-order valence-electron chi connectivity index (χ2n) is 5.71. The highest BCUT2D eigenvalue weighted by Crippen LogP contribution is 2.30. The molecule has 1 aliphatic heterocycles. The van der Waals surface area contributed by atoms with Crippen molar-refractivity contribution in [2.75, 3.05) is 6.54 Å². The summed E-state index contributed by atoms with van der Waals surface area (Å²) in [7, 11) is 0. The third-order valence-corrected chi connectivity index (χ3v) is 4.00. The van der Waals surface area contributed by atoms with E-state index in [2.05, 4.69) is 5.32 Å². The molecule has 4 heteroatoms. The van der Waals surface area contributed by atoms with Crippen LogP contribution in [-0.4, -0.2) is 29.4 Å². The molecule has 1 saturated carbocycles. The topological polar surface area (TPSA) is 45.5 Å². The number of nitrogens with zero attached hydrogens (tertiary/aromatic N) is 1. The first kappa shape index (κ1) is 12.7. The number of furan rings is 1. The zero-order valence-corrected chi connectivity index (χ0v) is 11.5. The second-order valence-corrected chi connectivity index (χ2v) is 5.71. The van der Waals surface area contributed by atoms with E-state index in [0.29, 0.717) is 12.6 Å². The highest BCUT2D eigenvalue weighted by atomic mass is 16.3. The van der Waals surface area contributed by atoms with Gasteiger partial charge in [-0.3, -0.25) is 4.79 Å². The van der Waals surface area contributed by atoms with Crippen LogP contribution in [0, 0.1) is 6.92 Å². The first-order valence-corrected chi connectivity index (χ1v) is 7.33. The molecule has 1 aromatic heterocycles. The zero-order chi connectivity index (χ0) is 13.2. The van der Waals surface area contributed by atoms with Crippen molar-refractivity contribution in [3.05, 3.63) is 23.7 Å². The minimum absolute atomic E-state index is 0.0189. The van der Waals surface area contributed by atoms with Gasteiger partial charge in [0.15, 0.2) is 0 Å². The Morgan fingerprint density at radius 1 is 1.37 bits per heavy atom. The van der Waals surface area contributed by atoms with Gasteiger partial charge < -0.3 is 14.6 Å². The molecule has 1 aromatic rings. The molecular weight excluding hydrogens is 240 g/mol. The van der Waals surface area contributed by atoms with Crippen LogP contribution in [0.4, 0.5) is 0 Å². The molecule has 1 saturated heterocycles. The number of carbonyl (C=O) groups excluding carboxylic acids is 1. The largest absolute Gasteiger partial charge is 0.464 e. The van der Waals surface area contributed by atoms with Crippen LogP contribution < -0.4 is 5.32 Å². The maximum Gasteiger partial charge on any atom is 0.240 e. The summed E-state index contributed by atoms with van der Waals surface area (Å²) in [4.78, 5) is 14.6. The average Bonchev–Trinajstić information content (AvgIpc) is 3.20. The van der Waals surface area contributed by atoms with E-state index in [1.165, 1.54) is 6.42 Å². The van der Waals surface area contributed by atoms with Crippen LogP contribution in [-0.2, 0) is 11.3 Å². The predicted molar refractivity (Wildman–Crippen MR) is 72.7 cm³/mol. The summed E-state index contributed by atoms with van der Waals surface area (Å²) in [5.41, 5.74) is 0. The number of hydrogen-bond acceptors (Lipinski definition) is 3. The molecule has 2 heterocycles. The van der Waals surface area contributed by atoms with Crippen LogP contribution in [0.25, 0.3) is 0 Å². The molecule has 0 radical (unpaired) electrons. The van der Waals surface area contributed by atoms with Crippen LogP contribution >= 0.6 is 0 Å². The lowest BCUT2D eigenvalue weighted by Crippen LogP contribution is -2.49. The zero-order valence-electron chi connectivity index (χ0n) is 11.5. The molecule has 1 N–H and O–H groups in total. The monoisotopic (exact) mass is 262 g/mol. The molecule has 0 spiro atoms. The van der Waals surface area contributed by atoms with Gasteiger partial charge in [0.05, 0.1) is 12.6 Å². The van der Waals surface area contributed by atoms with E-state index in [1.54, 1.807) is 0 Å². The van der Waals surface area contributed by atoms with Crippen molar-refractivity contribution in [3.8, 4) is 0 Å². The number of amides is 1. The van der Waals surface area contributed by atoms with Gasteiger partial charge in [-0.1, -0.05) is 6.42 Å².